The van der Waals surface area contributed by atoms with Gasteiger partial charge in [0.05, 0.1) is 36.1 Å². The Labute approximate surface area is 95.9 Å². The number of furan rings is 1. The minimum absolute atomic E-state index is 0.243. The van der Waals surface area contributed by atoms with Crippen molar-refractivity contribution in [1.29, 1.82) is 0 Å². The van der Waals surface area contributed by atoms with Crippen LogP contribution in [-0.4, -0.2) is 20.5 Å². The van der Waals surface area contributed by atoms with Crippen molar-refractivity contribution in [2.45, 2.75) is 0 Å². The average Bonchev–Trinajstić information content (AvgIpc) is 2.99. The molecule has 0 fully saturated rings. The number of carbonyl (C=O) groups excluding carboxylic acids is 1. The molecule has 0 aliphatic heterocycles. The van der Waals surface area contributed by atoms with Crippen molar-refractivity contribution in [1.82, 2.24) is 14.6 Å². The van der Waals surface area contributed by atoms with E-state index in [-0.39, 0.29) is 5.91 Å². The Balaban J connectivity index is 1.87. The standard InChI is InChI=1S/C11H8N4O2/c16-11(8-2-4-17-7-8)14-9-5-12-10-1-3-13-15(10)6-9/h1-7H,(H,14,16). The molecule has 0 aromatic carbocycles. The molecule has 0 aliphatic carbocycles. The molecule has 3 rings (SSSR count). The van der Waals surface area contributed by atoms with Gasteiger partial charge in [0.2, 0.25) is 0 Å². The van der Waals surface area contributed by atoms with Crippen molar-refractivity contribution in [3.63, 3.8) is 0 Å². The van der Waals surface area contributed by atoms with Crippen LogP contribution >= 0.6 is 0 Å². The molecule has 0 spiro atoms. The number of hydrogen-bond acceptors (Lipinski definition) is 4. The van der Waals surface area contributed by atoms with Gasteiger partial charge in [0.15, 0.2) is 5.65 Å². The molecule has 6 heteroatoms. The van der Waals surface area contributed by atoms with Gasteiger partial charge in [-0.3, -0.25) is 4.79 Å². The first-order valence-electron chi connectivity index (χ1n) is 4.96. The van der Waals surface area contributed by atoms with Crippen LogP contribution in [0, 0.1) is 0 Å². The zero-order valence-electron chi connectivity index (χ0n) is 8.70. The van der Waals surface area contributed by atoms with Crippen molar-refractivity contribution >= 4 is 17.2 Å². The van der Waals surface area contributed by atoms with Crippen molar-refractivity contribution in [3.8, 4) is 0 Å². The van der Waals surface area contributed by atoms with E-state index in [1.807, 2.05) is 0 Å². The van der Waals surface area contributed by atoms with E-state index in [1.165, 1.54) is 12.5 Å². The first-order valence-corrected chi connectivity index (χ1v) is 4.96. The molecule has 3 aromatic heterocycles. The molecule has 3 heterocycles. The fraction of sp³-hybridized carbons (Fsp3) is 0. The Morgan fingerprint density at radius 3 is 3.18 bits per heavy atom. The summed E-state index contributed by atoms with van der Waals surface area (Å²) < 4.78 is 6.43. The van der Waals surface area contributed by atoms with Gasteiger partial charge in [-0.25, -0.2) is 9.50 Å². The fourth-order valence-electron chi connectivity index (χ4n) is 1.47. The molecule has 17 heavy (non-hydrogen) atoms. The molecular formula is C11H8N4O2. The van der Waals surface area contributed by atoms with Gasteiger partial charge in [0, 0.05) is 6.07 Å². The number of amides is 1. The SMILES string of the molecule is O=C(Nc1cnc2ccnn2c1)c1ccoc1. The molecule has 0 unspecified atom stereocenters. The third kappa shape index (κ3) is 1.76. The maximum absolute atomic E-state index is 11.7. The van der Waals surface area contributed by atoms with Gasteiger partial charge in [-0.1, -0.05) is 0 Å². The second-order valence-corrected chi connectivity index (χ2v) is 3.44. The summed E-state index contributed by atoms with van der Waals surface area (Å²) in [5.74, 6) is -0.243. The molecule has 0 atom stereocenters. The third-order valence-electron chi connectivity index (χ3n) is 2.29. The molecule has 0 aliphatic rings. The van der Waals surface area contributed by atoms with Gasteiger partial charge in [0.25, 0.3) is 5.91 Å². The van der Waals surface area contributed by atoms with Gasteiger partial charge in [-0.15, -0.1) is 0 Å². The first kappa shape index (κ1) is 9.59. The van der Waals surface area contributed by atoms with E-state index in [1.54, 1.807) is 35.2 Å². The number of rotatable bonds is 2. The zero-order chi connectivity index (χ0) is 11.7. The van der Waals surface area contributed by atoms with E-state index >= 15 is 0 Å². The number of carbonyl (C=O) groups is 1. The Morgan fingerprint density at radius 2 is 2.35 bits per heavy atom. The largest absolute Gasteiger partial charge is 0.472 e. The molecule has 0 bridgehead atoms. The summed E-state index contributed by atoms with van der Waals surface area (Å²) in [6.45, 7) is 0. The maximum Gasteiger partial charge on any atom is 0.258 e. The summed E-state index contributed by atoms with van der Waals surface area (Å²) in [7, 11) is 0. The average molecular weight is 228 g/mol. The quantitative estimate of drug-likeness (QED) is 0.722. The Kier molecular flexibility index (Phi) is 2.11. The van der Waals surface area contributed by atoms with Crippen molar-refractivity contribution in [2.75, 3.05) is 5.32 Å². The van der Waals surface area contributed by atoms with Gasteiger partial charge >= 0.3 is 0 Å². The molecule has 6 nitrogen and oxygen atoms in total. The highest BCUT2D eigenvalue weighted by Crippen LogP contribution is 2.09. The van der Waals surface area contributed by atoms with Crippen LogP contribution in [0.25, 0.3) is 5.65 Å². The van der Waals surface area contributed by atoms with Gasteiger partial charge in [-0.05, 0) is 6.07 Å². The predicted octanol–water partition coefficient (Wildman–Crippen LogP) is 1.57. The number of nitrogens with one attached hydrogen (secondary N) is 1. The van der Waals surface area contributed by atoms with Crippen LogP contribution in [-0.2, 0) is 0 Å². The molecule has 0 radical (unpaired) electrons. The van der Waals surface area contributed by atoms with Crippen LogP contribution in [0.4, 0.5) is 5.69 Å². The summed E-state index contributed by atoms with van der Waals surface area (Å²) in [6.07, 6.45) is 7.75. The van der Waals surface area contributed by atoms with Gasteiger partial charge < -0.3 is 9.73 Å². The van der Waals surface area contributed by atoms with Crippen LogP contribution < -0.4 is 5.32 Å². The van der Waals surface area contributed by atoms with E-state index < -0.39 is 0 Å². The predicted molar refractivity (Wildman–Crippen MR) is 59.6 cm³/mol. The van der Waals surface area contributed by atoms with E-state index in [0.29, 0.717) is 11.3 Å². The van der Waals surface area contributed by atoms with E-state index in [2.05, 4.69) is 15.4 Å². The lowest BCUT2D eigenvalue weighted by atomic mass is 10.3. The third-order valence-corrected chi connectivity index (χ3v) is 2.29. The molecule has 1 amide bonds. The minimum Gasteiger partial charge on any atom is -0.472 e. The van der Waals surface area contributed by atoms with Crippen LogP contribution in [0.5, 0.6) is 0 Å². The topological polar surface area (TPSA) is 72.4 Å². The normalized spacial score (nSPS) is 10.6. The van der Waals surface area contributed by atoms with Crippen LogP contribution in [0.1, 0.15) is 10.4 Å². The summed E-state index contributed by atoms with van der Waals surface area (Å²) in [4.78, 5) is 15.9. The summed E-state index contributed by atoms with van der Waals surface area (Å²) in [5, 5.41) is 6.74. The Hall–Kier alpha value is -2.63. The minimum atomic E-state index is -0.243. The monoisotopic (exact) mass is 228 g/mol. The molecule has 3 aromatic rings. The molecule has 0 saturated heterocycles. The lowest BCUT2D eigenvalue weighted by Crippen LogP contribution is -2.11. The molecular weight excluding hydrogens is 220 g/mol. The number of aromatic nitrogens is 3. The van der Waals surface area contributed by atoms with Gasteiger partial charge in [0.1, 0.15) is 6.26 Å². The number of anilines is 1. The van der Waals surface area contributed by atoms with E-state index in [4.69, 9.17) is 4.42 Å². The highest BCUT2D eigenvalue weighted by molar-refractivity contribution is 6.03. The smallest absolute Gasteiger partial charge is 0.258 e. The van der Waals surface area contributed by atoms with Crippen molar-refractivity contribution < 1.29 is 9.21 Å². The number of hydrogen-bond donors (Lipinski definition) is 1. The highest BCUT2D eigenvalue weighted by atomic mass is 16.3. The second kappa shape index (κ2) is 3.75. The van der Waals surface area contributed by atoms with E-state index in [9.17, 15) is 4.79 Å². The van der Waals surface area contributed by atoms with E-state index in [0.717, 1.165) is 5.65 Å². The van der Waals surface area contributed by atoms with Gasteiger partial charge in [-0.2, -0.15) is 5.10 Å². The zero-order valence-corrected chi connectivity index (χ0v) is 8.70. The van der Waals surface area contributed by atoms with Crippen molar-refractivity contribution in [3.05, 3.63) is 48.8 Å². The second-order valence-electron chi connectivity index (χ2n) is 3.44. The lowest BCUT2D eigenvalue weighted by molar-refractivity contribution is 0.102. The van der Waals surface area contributed by atoms with Crippen LogP contribution in [0.3, 0.4) is 0 Å². The molecule has 1 N–H and O–H groups in total. The van der Waals surface area contributed by atoms with Crippen LogP contribution in [0.15, 0.2) is 47.7 Å². The number of fused-ring (bicyclic) bond motifs is 1. The molecule has 84 valence electrons. The lowest BCUT2D eigenvalue weighted by Gasteiger charge is -2.02. The fourth-order valence-corrected chi connectivity index (χ4v) is 1.47. The molecule has 0 saturated carbocycles. The Morgan fingerprint density at radius 1 is 1.41 bits per heavy atom. The Bertz CT molecular complexity index is 657. The first-order chi connectivity index (χ1) is 8.33. The summed E-state index contributed by atoms with van der Waals surface area (Å²) in [5.41, 5.74) is 1.77. The van der Waals surface area contributed by atoms with Crippen LogP contribution in [0.2, 0.25) is 0 Å². The maximum atomic E-state index is 11.7. The number of nitrogens with zero attached hydrogens (tertiary/aromatic N) is 3. The summed E-state index contributed by atoms with van der Waals surface area (Å²) in [6, 6.07) is 3.37. The highest BCUT2D eigenvalue weighted by Gasteiger charge is 2.07. The van der Waals surface area contributed by atoms with Crippen molar-refractivity contribution in [2.24, 2.45) is 0 Å². The summed E-state index contributed by atoms with van der Waals surface area (Å²) >= 11 is 0.